The van der Waals surface area contributed by atoms with Crippen LogP contribution in [0, 0.1) is 16.7 Å². The number of nitriles is 1. The molecule has 2 amide bonds. The number of amides is 2. The van der Waals surface area contributed by atoms with E-state index in [0.717, 1.165) is 12.8 Å². The molecule has 0 spiro atoms. The number of carbonyl (C=O) groups excluding carboxylic acids is 2. The van der Waals surface area contributed by atoms with E-state index in [0.29, 0.717) is 32.5 Å². The van der Waals surface area contributed by atoms with Gasteiger partial charge in [0.05, 0.1) is 18.3 Å². The topological polar surface area (TPSA) is 82.4 Å². The minimum atomic E-state index is -0.870. The molecule has 0 aromatic rings. The van der Waals surface area contributed by atoms with E-state index in [9.17, 15) is 14.9 Å². The van der Waals surface area contributed by atoms with E-state index in [1.54, 1.807) is 4.90 Å². The Bertz CT molecular complexity index is 456. The van der Waals surface area contributed by atoms with Crippen molar-refractivity contribution in [3.05, 3.63) is 0 Å². The lowest BCUT2D eigenvalue weighted by atomic mass is 9.87. The van der Waals surface area contributed by atoms with Crippen molar-refractivity contribution < 1.29 is 14.3 Å². The molecular weight excluding hydrogens is 282 g/mol. The summed E-state index contributed by atoms with van der Waals surface area (Å²) < 4.78 is 5.60. The lowest BCUT2D eigenvalue weighted by Gasteiger charge is -2.35. The fourth-order valence-electron chi connectivity index (χ4n) is 3.36. The first-order valence-corrected chi connectivity index (χ1v) is 8.09. The minimum absolute atomic E-state index is 0.0275. The minimum Gasteiger partial charge on any atom is -0.372 e. The number of nitrogens with zero attached hydrogens (tertiary/aromatic N) is 2. The largest absolute Gasteiger partial charge is 0.372 e. The van der Waals surface area contributed by atoms with Crippen LogP contribution in [0.15, 0.2) is 0 Å². The molecule has 0 bridgehead atoms. The lowest BCUT2D eigenvalue weighted by molar-refractivity contribution is -0.143. The maximum Gasteiger partial charge on any atom is 0.240 e. The Kier molecular flexibility index (Phi) is 5.41. The molecule has 2 rings (SSSR count). The highest BCUT2D eigenvalue weighted by Crippen LogP contribution is 2.37. The van der Waals surface area contributed by atoms with E-state index in [-0.39, 0.29) is 30.4 Å². The van der Waals surface area contributed by atoms with Crippen molar-refractivity contribution in [2.24, 2.45) is 5.41 Å². The van der Waals surface area contributed by atoms with Crippen LogP contribution in [-0.2, 0) is 14.3 Å². The van der Waals surface area contributed by atoms with Gasteiger partial charge < -0.3 is 15.0 Å². The predicted octanol–water partition coefficient (Wildman–Crippen LogP) is 1.21. The monoisotopic (exact) mass is 307 g/mol. The third-order valence-electron chi connectivity index (χ3n) is 4.50. The quantitative estimate of drug-likeness (QED) is 0.846. The molecule has 0 radical (unpaired) electrons. The van der Waals surface area contributed by atoms with Gasteiger partial charge in [-0.1, -0.05) is 12.8 Å². The van der Waals surface area contributed by atoms with Crippen LogP contribution in [0.4, 0.5) is 0 Å². The highest BCUT2D eigenvalue weighted by molar-refractivity contribution is 5.86. The van der Waals surface area contributed by atoms with Crippen molar-refractivity contribution in [3.63, 3.8) is 0 Å². The molecule has 2 aliphatic rings. The molecular formula is C16H25N3O3. The number of ether oxygens (including phenoxy) is 1. The number of nitrogens with one attached hydrogen (secondary N) is 1. The van der Waals surface area contributed by atoms with Crippen LogP contribution in [0.5, 0.6) is 0 Å². The average Bonchev–Trinajstić information content (AvgIpc) is 2.96. The number of morpholine rings is 1. The van der Waals surface area contributed by atoms with E-state index >= 15 is 0 Å². The smallest absolute Gasteiger partial charge is 0.240 e. The molecule has 6 heteroatoms. The Balaban J connectivity index is 1.77. The highest BCUT2D eigenvalue weighted by Gasteiger charge is 2.41. The first-order chi connectivity index (χ1) is 10.5. The molecule has 0 unspecified atom stereocenters. The molecule has 0 aromatic heterocycles. The van der Waals surface area contributed by atoms with Gasteiger partial charge >= 0.3 is 0 Å². The average molecular weight is 307 g/mol. The first-order valence-electron chi connectivity index (χ1n) is 8.09. The van der Waals surface area contributed by atoms with E-state index < -0.39 is 5.41 Å². The summed E-state index contributed by atoms with van der Waals surface area (Å²) in [4.78, 5) is 26.2. The maximum absolute atomic E-state index is 12.2. The van der Waals surface area contributed by atoms with E-state index in [1.807, 2.05) is 13.8 Å². The number of carbonyl (C=O) groups is 2. The van der Waals surface area contributed by atoms with Gasteiger partial charge in [-0.3, -0.25) is 9.59 Å². The lowest BCUT2D eigenvalue weighted by Crippen LogP contribution is -2.49. The Hall–Kier alpha value is -1.61. The van der Waals surface area contributed by atoms with Crippen LogP contribution in [0.1, 0.15) is 46.0 Å². The van der Waals surface area contributed by atoms with Gasteiger partial charge in [0, 0.05) is 26.1 Å². The van der Waals surface area contributed by atoms with Crippen molar-refractivity contribution in [1.29, 1.82) is 5.26 Å². The van der Waals surface area contributed by atoms with Crippen LogP contribution in [0.3, 0.4) is 0 Å². The van der Waals surface area contributed by atoms with Gasteiger partial charge in [-0.15, -0.1) is 0 Å². The van der Waals surface area contributed by atoms with Crippen LogP contribution in [0.25, 0.3) is 0 Å². The Morgan fingerprint density at radius 2 is 1.86 bits per heavy atom. The van der Waals surface area contributed by atoms with E-state index in [4.69, 9.17) is 4.74 Å². The van der Waals surface area contributed by atoms with Gasteiger partial charge in [-0.05, 0) is 26.7 Å². The summed E-state index contributed by atoms with van der Waals surface area (Å²) in [6, 6.07) is 2.17. The van der Waals surface area contributed by atoms with Crippen molar-refractivity contribution in [2.75, 3.05) is 19.6 Å². The Labute approximate surface area is 131 Å². The summed E-state index contributed by atoms with van der Waals surface area (Å²) in [5.74, 6) is -0.191. The van der Waals surface area contributed by atoms with Crippen LogP contribution < -0.4 is 5.32 Å². The van der Waals surface area contributed by atoms with Gasteiger partial charge in [-0.2, -0.15) is 5.26 Å². The van der Waals surface area contributed by atoms with Gasteiger partial charge in [0.1, 0.15) is 5.41 Å². The maximum atomic E-state index is 12.2. The zero-order valence-corrected chi connectivity index (χ0v) is 13.4. The molecule has 6 nitrogen and oxygen atoms in total. The summed E-state index contributed by atoms with van der Waals surface area (Å²) in [6.45, 7) is 5.39. The number of rotatable bonds is 4. The van der Waals surface area contributed by atoms with Crippen LogP contribution >= 0.6 is 0 Å². The molecule has 122 valence electrons. The fourth-order valence-corrected chi connectivity index (χ4v) is 3.36. The Morgan fingerprint density at radius 3 is 2.41 bits per heavy atom. The van der Waals surface area contributed by atoms with E-state index in [2.05, 4.69) is 11.4 Å². The third kappa shape index (κ3) is 3.77. The van der Waals surface area contributed by atoms with Gasteiger partial charge in [0.15, 0.2) is 0 Å². The standard InChI is InChI=1S/C16H25N3O3/c1-12-9-19(10-13(2)22-12)14(20)5-8-18-15(21)16(11-17)6-3-4-7-16/h12-13H,3-10H2,1-2H3,(H,18,21)/t12-,13+. The molecule has 1 saturated carbocycles. The summed E-state index contributed by atoms with van der Waals surface area (Å²) in [7, 11) is 0. The SMILES string of the molecule is C[C@@H]1CN(C(=O)CCNC(=O)C2(C#N)CCCC2)C[C@H](C)O1. The van der Waals surface area contributed by atoms with Crippen molar-refractivity contribution in [2.45, 2.75) is 58.2 Å². The second-order valence-corrected chi connectivity index (χ2v) is 6.46. The predicted molar refractivity (Wildman–Crippen MR) is 80.7 cm³/mol. The molecule has 2 atom stereocenters. The molecule has 22 heavy (non-hydrogen) atoms. The molecule has 2 fully saturated rings. The summed E-state index contributed by atoms with van der Waals surface area (Å²) in [6.07, 6.45) is 3.45. The first kappa shape index (κ1) is 16.8. The molecule has 0 aromatic carbocycles. The van der Waals surface area contributed by atoms with Crippen molar-refractivity contribution in [3.8, 4) is 6.07 Å². The third-order valence-corrected chi connectivity index (χ3v) is 4.50. The van der Waals surface area contributed by atoms with Crippen molar-refractivity contribution in [1.82, 2.24) is 10.2 Å². The molecule has 1 aliphatic carbocycles. The van der Waals surface area contributed by atoms with Crippen LogP contribution in [0.2, 0.25) is 0 Å². The zero-order chi connectivity index (χ0) is 16.2. The van der Waals surface area contributed by atoms with Crippen molar-refractivity contribution >= 4 is 11.8 Å². The fraction of sp³-hybridized carbons (Fsp3) is 0.812. The molecule has 1 heterocycles. The Morgan fingerprint density at radius 1 is 1.27 bits per heavy atom. The molecule has 1 aliphatic heterocycles. The zero-order valence-electron chi connectivity index (χ0n) is 13.4. The van der Waals surface area contributed by atoms with Gasteiger partial charge in [0.2, 0.25) is 11.8 Å². The normalized spacial score (nSPS) is 27.2. The summed E-state index contributed by atoms with van der Waals surface area (Å²) in [5.41, 5.74) is -0.870. The summed E-state index contributed by atoms with van der Waals surface area (Å²) in [5, 5.41) is 12.0. The molecule has 1 N–H and O–H groups in total. The summed E-state index contributed by atoms with van der Waals surface area (Å²) >= 11 is 0. The second kappa shape index (κ2) is 7.10. The van der Waals surface area contributed by atoms with E-state index in [1.165, 1.54) is 0 Å². The highest BCUT2D eigenvalue weighted by atomic mass is 16.5. The molecule has 1 saturated heterocycles. The number of hydrogen-bond donors (Lipinski definition) is 1. The van der Waals surface area contributed by atoms with Gasteiger partial charge in [-0.25, -0.2) is 0 Å². The second-order valence-electron chi connectivity index (χ2n) is 6.46. The van der Waals surface area contributed by atoms with Gasteiger partial charge in [0.25, 0.3) is 0 Å². The number of hydrogen-bond acceptors (Lipinski definition) is 4. The van der Waals surface area contributed by atoms with Crippen LogP contribution in [-0.4, -0.2) is 48.6 Å².